The van der Waals surface area contributed by atoms with Crippen molar-refractivity contribution in [2.75, 3.05) is 13.2 Å². The SMILES string of the molecule is CCOC(=O)CCNC(=O)c1[nH]ccc(=O)c1OCc1ccccc1. The van der Waals surface area contributed by atoms with E-state index >= 15 is 0 Å². The van der Waals surface area contributed by atoms with Crippen LogP contribution in [0.4, 0.5) is 0 Å². The number of aromatic nitrogens is 1. The molecule has 132 valence electrons. The van der Waals surface area contributed by atoms with Crippen molar-refractivity contribution < 1.29 is 19.1 Å². The summed E-state index contributed by atoms with van der Waals surface area (Å²) >= 11 is 0. The van der Waals surface area contributed by atoms with Crippen LogP contribution in [0.1, 0.15) is 29.4 Å². The second kappa shape index (κ2) is 9.27. The number of amides is 1. The lowest BCUT2D eigenvalue weighted by atomic mass is 10.2. The van der Waals surface area contributed by atoms with Gasteiger partial charge in [0.05, 0.1) is 13.0 Å². The van der Waals surface area contributed by atoms with Crippen LogP contribution in [0.3, 0.4) is 0 Å². The summed E-state index contributed by atoms with van der Waals surface area (Å²) in [5, 5.41) is 2.56. The standard InChI is InChI=1S/C18H20N2O5/c1-2-24-15(22)9-11-20-18(23)16-17(14(21)8-10-19-16)25-12-13-6-4-3-5-7-13/h3-8,10H,2,9,11-12H2,1H3,(H,19,21)(H,20,23). The van der Waals surface area contributed by atoms with Crippen LogP contribution >= 0.6 is 0 Å². The molecule has 7 nitrogen and oxygen atoms in total. The fraction of sp³-hybridized carbons (Fsp3) is 0.278. The van der Waals surface area contributed by atoms with E-state index in [1.54, 1.807) is 6.92 Å². The molecule has 0 saturated heterocycles. The van der Waals surface area contributed by atoms with Crippen molar-refractivity contribution in [3.8, 4) is 5.75 Å². The summed E-state index contributed by atoms with van der Waals surface area (Å²) in [6, 6.07) is 10.6. The van der Waals surface area contributed by atoms with E-state index in [0.29, 0.717) is 0 Å². The number of hydrogen-bond donors (Lipinski definition) is 2. The van der Waals surface area contributed by atoms with Gasteiger partial charge in [-0.3, -0.25) is 14.4 Å². The number of hydrogen-bond acceptors (Lipinski definition) is 5. The smallest absolute Gasteiger partial charge is 0.307 e. The number of H-pyrrole nitrogens is 1. The number of ether oxygens (including phenoxy) is 2. The molecule has 0 aliphatic rings. The average molecular weight is 344 g/mol. The number of benzene rings is 1. The first kappa shape index (κ1) is 18.3. The van der Waals surface area contributed by atoms with Crippen LogP contribution in [0.15, 0.2) is 47.4 Å². The van der Waals surface area contributed by atoms with E-state index in [2.05, 4.69) is 10.3 Å². The lowest BCUT2D eigenvalue weighted by Crippen LogP contribution is -2.29. The molecule has 0 spiro atoms. The van der Waals surface area contributed by atoms with Crippen LogP contribution in [-0.4, -0.2) is 30.0 Å². The van der Waals surface area contributed by atoms with E-state index in [1.165, 1.54) is 12.3 Å². The quantitative estimate of drug-likeness (QED) is 0.710. The largest absolute Gasteiger partial charge is 0.483 e. The van der Waals surface area contributed by atoms with E-state index in [0.717, 1.165) is 5.56 Å². The van der Waals surface area contributed by atoms with Gasteiger partial charge in [0.1, 0.15) is 6.61 Å². The topological polar surface area (TPSA) is 97.5 Å². The third kappa shape index (κ3) is 5.49. The Morgan fingerprint density at radius 3 is 2.64 bits per heavy atom. The lowest BCUT2D eigenvalue weighted by Gasteiger charge is -2.11. The van der Waals surface area contributed by atoms with Crippen molar-refractivity contribution in [1.29, 1.82) is 0 Å². The second-order valence-corrected chi connectivity index (χ2v) is 5.13. The molecule has 2 N–H and O–H groups in total. The van der Waals surface area contributed by atoms with Gasteiger partial charge < -0.3 is 19.8 Å². The van der Waals surface area contributed by atoms with Crippen LogP contribution in [0.25, 0.3) is 0 Å². The Balaban J connectivity index is 2.02. The maximum atomic E-state index is 12.3. The molecule has 0 aliphatic heterocycles. The highest BCUT2D eigenvalue weighted by Crippen LogP contribution is 2.12. The van der Waals surface area contributed by atoms with Crippen LogP contribution in [0.5, 0.6) is 5.75 Å². The molecule has 0 aliphatic carbocycles. The van der Waals surface area contributed by atoms with Gasteiger partial charge in [-0.2, -0.15) is 0 Å². The van der Waals surface area contributed by atoms with Crippen molar-refractivity contribution in [2.24, 2.45) is 0 Å². The molecule has 1 heterocycles. The first-order valence-electron chi connectivity index (χ1n) is 7.94. The molecule has 7 heteroatoms. The Hall–Kier alpha value is -3.09. The van der Waals surface area contributed by atoms with E-state index in [4.69, 9.17) is 9.47 Å². The minimum Gasteiger partial charge on any atom is -0.483 e. The average Bonchev–Trinajstić information content (AvgIpc) is 2.61. The Labute approximate surface area is 145 Å². The Morgan fingerprint density at radius 1 is 1.16 bits per heavy atom. The first-order chi connectivity index (χ1) is 12.1. The van der Waals surface area contributed by atoms with Gasteiger partial charge in [-0.15, -0.1) is 0 Å². The number of nitrogens with one attached hydrogen (secondary N) is 2. The van der Waals surface area contributed by atoms with Crippen molar-refractivity contribution in [3.05, 3.63) is 64.1 Å². The van der Waals surface area contributed by atoms with Gasteiger partial charge in [0.15, 0.2) is 11.4 Å². The van der Waals surface area contributed by atoms with E-state index in [9.17, 15) is 14.4 Å². The van der Waals surface area contributed by atoms with E-state index < -0.39 is 17.3 Å². The summed E-state index contributed by atoms with van der Waals surface area (Å²) in [5.74, 6) is -0.977. The third-order valence-electron chi connectivity index (χ3n) is 3.29. The van der Waals surface area contributed by atoms with E-state index in [1.807, 2.05) is 30.3 Å². The summed E-state index contributed by atoms with van der Waals surface area (Å²) in [4.78, 5) is 38.3. The summed E-state index contributed by atoms with van der Waals surface area (Å²) in [6.07, 6.45) is 1.43. The van der Waals surface area contributed by atoms with Gasteiger partial charge in [0, 0.05) is 18.8 Å². The number of pyridine rings is 1. The lowest BCUT2D eigenvalue weighted by molar-refractivity contribution is -0.142. The Morgan fingerprint density at radius 2 is 1.92 bits per heavy atom. The van der Waals surface area contributed by atoms with Gasteiger partial charge in [-0.1, -0.05) is 30.3 Å². The van der Waals surface area contributed by atoms with Crippen molar-refractivity contribution in [3.63, 3.8) is 0 Å². The number of carbonyl (C=O) groups is 2. The molecule has 0 radical (unpaired) electrons. The first-order valence-corrected chi connectivity index (χ1v) is 7.94. The number of aromatic amines is 1. The normalized spacial score (nSPS) is 10.1. The zero-order valence-electron chi connectivity index (χ0n) is 13.9. The molecular weight excluding hydrogens is 324 g/mol. The highest BCUT2D eigenvalue weighted by molar-refractivity contribution is 5.95. The van der Waals surface area contributed by atoms with Gasteiger partial charge in [-0.05, 0) is 12.5 Å². The zero-order valence-corrected chi connectivity index (χ0v) is 13.9. The van der Waals surface area contributed by atoms with Gasteiger partial charge in [0.2, 0.25) is 5.43 Å². The molecule has 1 aromatic heterocycles. The van der Waals surface area contributed by atoms with Crippen LogP contribution in [0.2, 0.25) is 0 Å². The highest BCUT2D eigenvalue weighted by atomic mass is 16.5. The van der Waals surface area contributed by atoms with E-state index in [-0.39, 0.29) is 37.6 Å². The molecule has 0 unspecified atom stereocenters. The Kier molecular flexibility index (Phi) is 6.76. The molecule has 1 amide bonds. The molecule has 2 aromatic rings. The monoisotopic (exact) mass is 344 g/mol. The van der Waals surface area contributed by atoms with Crippen molar-refractivity contribution in [2.45, 2.75) is 20.0 Å². The second-order valence-electron chi connectivity index (χ2n) is 5.13. The molecule has 0 bridgehead atoms. The molecular formula is C18H20N2O5. The zero-order chi connectivity index (χ0) is 18.1. The van der Waals surface area contributed by atoms with Crippen LogP contribution < -0.4 is 15.5 Å². The number of esters is 1. The fourth-order valence-corrected chi connectivity index (χ4v) is 2.11. The van der Waals surface area contributed by atoms with Gasteiger partial charge in [-0.25, -0.2) is 0 Å². The summed E-state index contributed by atoms with van der Waals surface area (Å²) in [6.45, 7) is 2.27. The number of rotatable bonds is 8. The predicted octanol–water partition coefficient (Wildman–Crippen LogP) is 1.64. The number of carbonyl (C=O) groups excluding carboxylic acids is 2. The molecule has 0 fully saturated rings. The molecule has 0 saturated carbocycles. The van der Waals surface area contributed by atoms with Crippen LogP contribution in [-0.2, 0) is 16.1 Å². The highest BCUT2D eigenvalue weighted by Gasteiger charge is 2.16. The molecule has 1 aromatic carbocycles. The Bertz CT molecular complexity index is 771. The summed E-state index contributed by atoms with van der Waals surface area (Å²) < 4.78 is 10.3. The third-order valence-corrected chi connectivity index (χ3v) is 3.29. The maximum Gasteiger partial charge on any atom is 0.307 e. The van der Waals surface area contributed by atoms with Crippen molar-refractivity contribution >= 4 is 11.9 Å². The molecule has 2 rings (SSSR count). The molecule has 25 heavy (non-hydrogen) atoms. The maximum absolute atomic E-state index is 12.3. The van der Waals surface area contributed by atoms with Crippen LogP contribution in [0, 0.1) is 0 Å². The fourth-order valence-electron chi connectivity index (χ4n) is 2.11. The van der Waals surface area contributed by atoms with Gasteiger partial charge >= 0.3 is 5.97 Å². The van der Waals surface area contributed by atoms with Gasteiger partial charge in [0.25, 0.3) is 5.91 Å². The summed E-state index contributed by atoms with van der Waals surface area (Å²) in [7, 11) is 0. The predicted molar refractivity (Wildman–Crippen MR) is 91.4 cm³/mol. The minimum atomic E-state index is -0.523. The minimum absolute atomic E-state index is 0.0206. The van der Waals surface area contributed by atoms with Crippen molar-refractivity contribution in [1.82, 2.24) is 10.3 Å². The summed E-state index contributed by atoms with van der Waals surface area (Å²) in [5.41, 5.74) is 0.497. The molecule has 0 atom stereocenters.